The molecule has 1 amide bonds. The van der Waals surface area contributed by atoms with Crippen molar-refractivity contribution in [2.45, 2.75) is 20.3 Å². The van der Waals surface area contributed by atoms with Gasteiger partial charge in [0.15, 0.2) is 11.5 Å². The van der Waals surface area contributed by atoms with Crippen molar-refractivity contribution in [3.8, 4) is 11.5 Å². The Hall–Kier alpha value is -1.80. The molecule has 1 aromatic carbocycles. The van der Waals surface area contributed by atoms with Crippen LogP contribution in [0.4, 0.5) is 5.69 Å². The van der Waals surface area contributed by atoms with Crippen LogP contribution in [-0.4, -0.2) is 44.8 Å². The molecule has 1 N–H and O–H groups in total. The van der Waals surface area contributed by atoms with Gasteiger partial charge in [-0.15, -0.1) is 0 Å². The van der Waals surface area contributed by atoms with Gasteiger partial charge in [0, 0.05) is 18.3 Å². The number of nitrogens with one attached hydrogen (secondary N) is 1. The maximum Gasteiger partial charge on any atom is 0.239 e. The van der Waals surface area contributed by atoms with Crippen LogP contribution in [0.2, 0.25) is 0 Å². The smallest absolute Gasteiger partial charge is 0.239 e. The van der Waals surface area contributed by atoms with Gasteiger partial charge in [-0.05, 0) is 24.5 Å². The molecule has 1 heterocycles. The molecule has 0 saturated carbocycles. The van der Waals surface area contributed by atoms with E-state index in [4.69, 9.17) is 9.47 Å². The van der Waals surface area contributed by atoms with Gasteiger partial charge in [-0.2, -0.15) is 4.31 Å². The minimum atomic E-state index is -3.43. The van der Waals surface area contributed by atoms with E-state index in [-0.39, 0.29) is 13.3 Å². The largest absolute Gasteiger partial charge is 0.454 e. The van der Waals surface area contributed by atoms with Crippen LogP contribution < -0.4 is 14.8 Å². The van der Waals surface area contributed by atoms with Crippen LogP contribution in [0, 0.1) is 5.92 Å². The number of anilines is 1. The van der Waals surface area contributed by atoms with Gasteiger partial charge < -0.3 is 14.8 Å². The highest BCUT2D eigenvalue weighted by molar-refractivity contribution is 7.88. The third kappa shape index (κ3) is 5.11. The molecular formula is C15H22N2O5S. The van der Waals surface area contributed by atoms with Crippen LogP contribution in [0.25, 0.3) is 0 Å². The number of sulfonamides is 1. The molecule has 0 bridgehead atoms. The van der Waals surface area contributed by atoms with Crippen molar-refractivity contribution in [1.29, 1.82) is 0 Å². The SMILES string of the molecule is CC(C)CCN(CC(=O)Nc1ccc2c(c1)OCO2)S(C)(=O)=O. The third-order valence-electron chi connectivity index (χ3n) is 3.40. The fourth-order valence-corrected chi connectivity index (χ4v) is 2.89. The van der Waals surface area contributed by atoms with E-state index in [2.05, 4.69) is 5.32 Å². The average molecular weight is 342 g/mol. The normalized spacial score (nSPS) is 13.6. The van der Waals surface area contributed by atoms with Crippen molar-refractivity contribution in [2.75, 3.05) is 31.5 Å². The third-order valence-corrected chi connectivity index (χ3v) is 4.65. The van der Waals surface area contributed by atoms with Crippen LogP contribution in [0.15, 0.2) is 18.2 Å². The summed E-state index contributed by atoms with van der Waals surface area (Å²) < 4.78 is 35.2. The number of nitrogens with zero attached hydrogens (tertiary/aromatic N) is 1. The van der Waals surface area contributed by atoms with Gasteiger partial charge in [-0.1, -0.05) is 13.8 Å². The molecule has 0 aromatic heterocycles. The van der Waals surface area contributed by atoms with Crippen molar-refractivity contribution in [3.63, 3.8) is 0 Å². The van der Waals surface area contributed by atoms with Crippen LogP contribution in [0.3, 0.4) is 0 Å². The zero-order valence-electron chi connectivity index (χ0n) is 13.5. The molecule has 1 aliphatic rings. The van der Waals surface area contributed by atoms with E-state index in [0.29, 0.717) is 36.1 Å². The Morgan fingerprint density at radius 2 is 2.00 bits per heavy atom. The molecule has 0 spiro atoms. The Bertz CT molecular complexity index is 672. The van der Waals surface area contributed by atoms with Gasteiger partial charge in [0.05, 0.1) is 12.8 Å². The molecule has 0 aliphatic carbocycles. The quantitative estimate of drug-likeness (QED) is 0.814. The molecular weight excluding hydrogens is 320 g/mol. The lowest BCUT2D eigenvalue weighted by molar-refractivity contribution is -0.116. The number of carbonyl (C=O) groups excluding carboxylic acids is 1. The lowest BCUT2D eigenvalue weighted by Crippen LogP contribution is -2.38. The molecule has 0 unspecified atom stereocenters. The van der Waals surface area contributed by atoms with Gasteiger partial charge in [0.2, 0.25) is 22.7 Å². The summed E-state index contributed by atoms with van der Waals surface area (Å²) in [6.07, 6.45) is 1.81. The molecule has 8 heteroatoms. The number of hydrogen-bond acceptors (Lipinski definition) is 5. The Morgan fingerprint density at radius 1 is 1.30 bits per heavy atom. The summed E-state index contributed by atoms with van der Waals surface area (Å²) in [7, 11) is -3.43. The lowest BCUT2D eigenvalue weighted by Gasteiger charge is -2.20. The first-order chi connectivity index (χ1) is 10.8. The number of ether oxygens (including phenoxy) is 2. The summed E-state index contributed by atoms with van der Waals surface area (Å²) in [6, 6.07) is 5.04. The number of fused-ring (bicyclic) bond motifs is 1. The van der Waals surface area contributed by atoms with Crippen molar-refractivity contribution in [3.05, 3.63) is 18.2 Å². The van der Waals surface area contributed by atoms with E-state index < -0.39 is 15.9 Å². The van der Waals surface area contributed by atoms with E-state index >= 15 is 0 Å². The fraction of sp³-hybridized carbons (Fsp3) is 0.533. The second-order valence-corrected chi connectivity index (χ2v) is 7.88. The highest BCUT2D eigenvalue weighted by Crippen LogP contribution is 2.34. The standard InChI is InChI=1S/C15H22N2O5S/c1-11(2)6-7-17(23(3,19)20)9-15(18)16-12-4-5-13-14(8-12)22-10-21-13/h4-5,8,11H,6-7,9-10H2,1-3H3,(H,16,18). The summed E-state index contributed by atoms with van der Waals surface area (Å²) in [6.45, 7) is 4.29. The summed E-state index contributed by atoms with van der Waals surface area (Å²) in [5, 5.41) is 2.68. The van der Waals surface area contributed by atoms with Crippen molar-refractivity contribution < 1.29 is 22.7 Å². The Morgan fingerprint density at radius 3 is 2.65 bits per heavy atom. The van der Waals surface area contributed by atoms with Gasteiger partial charge in [-0.25, -0.2) is 8.42 Å². The van der Waals surface area contributed by atoms with Crippen molar-refractivity contribution >= 4 is 21.6 Å². The monoisotopic (exact) mass is 342 g/mol. The van der Waals surface area contributed by atoms with Crippen LogP contribution >= 0.6 is 0 Å². The maximum atomic E-state index is 12.1. The van der Waals surface area contributed by atoms with Crippen LogP contribution in [-0.2, 0) is 14.8 Å². The predicted molar refractivity (Wildman–Crippen MR) is 87.1 cm³/mol. The summed E-state index contributed by atoms with van der Waals surface area (Å²) >= 11 is 0. The maximum absolute atomic E-state index is 12.1. The zero-order chi connectivity index (χ0) is 17.0. The first-order valence-corrected chi connectivity index (χ1v) is 9.25. The molecule has 1 aromatic rings. The highest BCUT2D eigenvalue weighted by Gasteiger charge is 2.21. The first-order valence-electron chi connectivity index (χ1n) is 7.40. The zero-order valence-corrected chi connectivity index (χ0v) is 14.4. The second kappa shape index (κ2) is 7.18. The predicted octanol–water partition coefficient (Wildman–Crippen LogP) is 1.66. The highest BCUT2D eigenvalue weighted by atomic mass is 32.2. The molecule has 7 nitrogen and oxygen atoms in total. The molecule has 23 heavy (non-hydrogen) atoms. The molecule has 0 atom stereocenters. The number of amides is 1. The molecule has 2 rings (SSSR count). The van der Waals surface area contributed by atoms with E-state index in [1.807, 2.05) is 13.8 Å². The van der Waals surface area contributed by atoms with Gasteiger partial charge in [0.25, 0.3) is 0 Å². The van der Waals surface area contributed by atoms with Crippen molar-refractivity contribution in [1.82, 2.24) is 4.31 Å². The van der Waals surface area contributed by atoms with E-state index in [9.17, 15) is 13.2 Å². The molecule has 128 valence electrons. The van der Waals surface area contributed by atoms with Crippen LogP contribution in [0.5, 0.6) is 11.5 Å². The number of carbonyl (C=O) groups is 1. The average Bonchev–Trinajstić information content (AvgIpc) is 2.89. The van der Waals surface area contributed by atoms with Gasteiger partial charge >= 0.3 is 0 Å². The Labute approximate surface area is 136 Å². The fourth-order valence-electron chi connectivity index (χ4n) is 2.10. The van der Waals surface area contributed by atoms with E-state index in [1.54, 1.807) is 18.2 Å². The summed E-state index contributed by atoms with van der Waals surface area (Å²) in [4.78, 5) is 12.1. The lowest BCUT2D eigenvalue weighted by atomic mass is 10.1. The van der Waals surface area contributed by atoms with Crippen molar-refractivity contribution in [2.24, 2.45) is 5.92 Å². The summed E-state index contributed by atoms with van der Waals surface area (Å²) in [5.74, 6) is 1.15. The number of hydrogen-bond donors (Lipinski definition) is 1. The Balaban J connectivity index is 1.98. The summed E-state index contributed by atoms with van der Waals surface area (Å²) in [5.41, 5.74) is 0.538. The second-order valence-electron chi connectivity index (χ2n) is 5.90. The first kappa shape index (κ1) is 17.6. The molecule has 0 radical (unpaired) electrons. The van der Waals surface area contributed by atoms with Gasteiger partial charge in [-0.3, -0.25) is 4.79 Å². The topological polar surface area (TPSA) is 84.9 Å². The Kier molecular flexibility index (Phi) is 5.48. The minimum absolute atomic E-state index is 0.157. The number of rotatable bonds is 7. The molecule has 1 aliphatic heterocycles. The van der Waals surface area contributed by atoms with Gasteiger partial charge in [0.1, 0.15) is 0 Å². The van der Waals surface area contributed by atoms with E-state index in [0.717, 1.165) is 6.26 Å². The van der Waals surface area contributed by atoms with Crippen LogP contribution in [0.1, 0.15) is 20.3 Å². The molecule has 0 fully saturated rings. The number of benzene rings is 1. The molecule has 0 saturated heterocycles. The minimum Gasteiger partial charge on any atom is -0.454 e. The van der Waals surface area contributed by atoms with E-state index in [1.165, 1.54) is 4.31 Å².